The number of hydrogen-bond acceptors (Lipinski definition) is 3. The van der Waals surface area contributed by atoms with Crippen molar-refractivity contribution in [2.24, 2.45) is 0 Å². The van der Waals surface area contributed by atoms with Crippen LogP contribution in [0, 0.1) is 0 Å². The van der Waals surface area contributed by atoms with Crippen molar-refractivity contribution in [3.05, 3.63) is 29.8 Å². The Bertz CT molecular complexity index is 663. The van der Waals surface area contributed by atoms with Crippen molar-refractivity contribution < 1.29 is 14.3 Å². The quantitative estimate of drug-likeness (QED) is 0.899. The highest BCUT2D eigenvalue weighted by molar-refractivity contribution is 5.77. The summed E-state index contributed by atoms with van der Waals surface area (Å²) in [6.45, 7) is 7.35. The Kier molecular flexibility index (Phi) is 5.54. The summed E-state index contributed by atoms with van der Waals surface area (Å²) in [7, 11) is 0. The highest BCUT2D eigenvalue weighted by Gasteiger charge is 2.44. The van der Waals surface area contributed by atoms with Gasteiger partial charge in [-0.05, 0) is 31.9 Å². The Hall–Kier alpha value is -2.04. The van der Waals surface area contributed by atoms with E-state index in [0.29, 0.717) is 12.8 Å². The van der Waals surface area contributed by atoms with Gasteiger partial charge in [0.05, 0.1) is 0 Å². The van der Waals surface area contributed by atoms with E-state index in [0.717, 1.165) is 43.7 Å². The van der Waals surface area contributed by atoms with E-state index < -0.39 is 0 Å². The number of hydrogen-bond donors (Lipinski definition) is 1. The standard InChI is InChI=1S/C21H30N2O3/c1-4-20(25)23-11-9-21(10-12-23)14-16(13-19(24)22-15(2)3)17-7-5-6-8-18(17)26-21/h5-8,15-16H,4,9-14H2,1-3H3,(H,22,24). The fourth-order valence-electron chi connectivity index (χ4n) is 4.22. The predicted molar refractivity (Wildman–Crippen MR) is 101 cm³/mol. The molecule has 0 aliphatic carbocycles. The lowest BCUT2D eigenvalue weighted by Gasteiger charge is -2.47. The molecule has 3 rings (SSSR count). The Labute approximate surface area is 156 Å². The second-order valence-electron chi connectivity index (χ2n) is 7.88. The van der Waals surface area contributed by atoms with Gasteiger partial charge in [-0.1, -0.05) is 25.1 Å². The summed E-state index contributed by atoms with van der Waals surface area (Å²) in [5.74, 6) is 1.36. The minimum absolute atomic E-state index is 0.0930. The van der Waals surface area contributed by atoms with Crippen LogP contribution in [0.4, 0.5) is 0 Å². The van der Waals surface area contributed by atoms with Crippen LogP contribution in [-0.4, -0.2) is 41.4 Å². The van der Waals surface area contributed by atoms with Gasteiger partial charge in [0, 0.05) is 50.7 Å². The van der Waals surface area contributed by atoms with Crippen LogP contribution >= 0.6 is 0 Å². The molecule has 1 aromatic carbocycles. The first-order chi connectivity index (χ1) is 12.4. The van der Waals surface area contributed by atoms with E-state index in [-0.39, 0.29) is 29.4 Å². The van der Waals surface area contributed by atoms with E-state index in [2.05, 4.69) is 11.4 Å². The van der Waals surface area contributed by atoms with Crippen LogP contribution < -0.4 is 10.1 Å². The number of nitrogens with zero attached hydrogens (tertiary/aromatic N) is 1. The van der Waals surface area contributed by atoms with Crippen LogP contribution in [0.25, 0.3) is 0 Å². The van der Waals surface area contributed by atoms with Gasteiger partial charge in [-0.15, -0.1) is 0 Å². The molecule has 2 amide bonds. The minimum Gasteiger partial charge on any atom is -0.487 e. The zero-order valence-electron chi connectivity index (χ0n) is 16.1. The Morgan fingerprint density at radius 2 is 1.96 bits per heavy atom. The molecule has 1 atom stereocenters. The summed E-state index contributed by atoms with van der Waals surface area (Å²) < 4.78 is 6.45. The van der Waals surface area contributed by atoms with Crippen LogP contribution in [0.3, 0.4) is 0 Å². The summed E-state index contributed by atoms with van der Waals surface area (Å²) >= 11 is 0. The Morgan fingerprint density at radius 1 is 1.27 bits per heavy atom. The summed E-state index contributed by atoms with van der Waals surface area (Å²) in [5, 5.41) is 3.01. The van der Waals surface area contributed by atoms with Crippen LogP contribution in [0.5, 0.6) is 5.75 Å². The molecule has 1 aromatic rings. The number of amides is 2. The summed E-state index contributed by atoms with van der Waals surface area (Å²) in [5.41, 5.74) is 0.867. The molecule has 2 aliphatic rings. The Morgan fingerprint density at radius 3 is 2.62 bits per heavy atom. The van der Waals surface area contributed by atoms with Crippen LogP contribution in [0.2, 0.25) is 0 Å². The molecule has 2 heterocycles. The number of benzene rings is 1. The molecule has 2 aliphatic heterocycles. The predicted octanol–water partition coefficient (Wildman–Crippen LogP) is 3.24. The third kappa shape index (κ3) is 4.02. The number of rotatable bonds is 4. The van der Waals surface area contributed by atoms with E-state index in [1.807, 2.05) is 43.9 Å². The topological polar surface area (TPSA) is 58.6 Å². The van der Waals surface area contributed by atoms with Crippen LogP contribution in [0.1, 0.15) is 64.4 Å². The molecule has 1 spiro atoms. The van der Waals surface area contributed by atoms with E-state index >= 15 is 0 Å². The van der Waals surface area contributed by atoms with Crippen molar-refractivity contribution in [2.75, 3.05) is 13.1 Å². The van der Waals surface area contributed by atoms with Crippen molar-refractivity contribution >= 4 is 11.8 Å². The molecule has 1 N–H and O–H groups in total. The largest absolute Gasteiger partial charge is 0.487 e. The molecule has 0 bridgehead atoms. The number of para-hydroxylation sites is 1. The van der Waals surface area contributed by atoms with E-state index in [4.69, 9.17) is 4.74 Å². The highest BCUT2D eigenvalue weighted by atomic mass is 16.5. The Balaban J connectivity index is 1.77. The number of piperidine rings is 1. The lowest BCUT2D eigenvalue weighted by molar-refractivity contribution is -0.135. The molecule has 1 unspecified atom stereocenters. The van der Waals surface area contributed by atoms with Gasteiger partial charge < -0.3 is 15.0 Å². The molecule has 0 radical (unpaired) electrons. The smallest absolute Gasteiger partial charge is 0.222 e. The highest BCUT2D eigenvalue weighted by Crippen LogP contribution is 2.46. The third-order valence-corrected chi connectivity index (χ3v) is 5.51. The molecule has 5 heteroatoms. The van der Waals surface area contributed by atoms with Crippen LogP contribution in [0.15, 0.2) is 24.3 Å². The first-order valence-electron chi connectivity index (χ1n) is 9.77. The normalized spacial score (nSPS) is 21.2. The minimum atomic E-state index is -0.262. The number of carbonyl (C=O) groups is 2. The van der Waals surface area contributed by atoms with Crippen molar-refractivity contribution in [3.8, 4) is 5.75 Å². The first-order valence-corrected chi connectivity index (χ1v) is 9.77. The number of carbonyl (C=O) groups excluding carboxylic acids is 2. The van der Waals surface area contributed by atoms with Crippen molar-refractivity contribution in [1.82, 2.24) is 10.2 Å². The zero-order valence-corrected chi connectivity index (χ0v) is 16.1. The maximum Gasteiger partial charge on any atom is 0.222 e. The van der Waals surface area contributed by atoms with E-state index in [1.165, 1.54) is 0 Å². The molecule has 0 aromatic heterocycles. The van der Waals surface area contributed by atoms with E-state index in [1.54, 1.807) is 0 Å². The van der Waals surface area contributed by atoms with Gasteiger partial charge in [-0.2, -0.15) is 0 Å². The van der Waals surface area contributed by atoms with Gasteiger partial charge >= 0.3 is 0 Å². The number of ether oxygens (including phenoxy) is 1. The molecular formula is C21H30N2O3. The second kappa shape index (κ2) is 7.68. The first kappa shape index (κ1) is 18.7. The third-order valence-electron chi connectivity index (χ3n) is 5.51. The second-order valence-corrected chi connectivity index (χ2v) is 7.88. The molecule has 5 nitrogen and oxygen atoms in total. The van der Waals surface area contributed by atoms with Gasteiger partial charge in [0.1, 0.15) is 11.4 Å². The average molecular weight is 358 g/mol. The monoisotopic (exact) mass is 358 g/mol. The summed E-state index contributed by atoms with van der Waals surface area (Å²) in [6, 6.07) is 8.22. The maximum absolute atomic E-state index is 12.4. The zero-order chi connectivity index (χ0) is 18.7. The number of likely N-dealkylation sites (tertiary alicyclic amines) is 1. The van der Waals surface area contributed by atoms with Crippen molar-refractivity contribution in [1.29, 1.82) is 0 Å². The number of nitrogens with one attached hydrogen (secondary N) is 1. The van der Waals surface area contributed by atoms with E-state index in [9.17, 15) is 9.59 Å². The number of fused-ring (bicyclic) bond motifs is 1. The SMILES string of the molecule is CCC(=O)N1CCC2(CC1)CC(CC(=O)NC(C)C)c1ccccc1O2. The molecule has 26 heavy (non-hydrogen) atoms. The fourth-order valence-corrected chi connectivity index (χ4v) is 4.22. The lowest BCUT2D eigenvalue weighted by atomic mass is 9.76. The fraction of sp³-hybridized carbons (Fsp3) is 0.619. The van der Waals surface area contributed by atoms with Gasteiger partial charge in [0.15, 0.2) is 0 Å². The van der Waals surface area contributed by atoms with Gasteiger partial charge in [0.2, 0.25) is 11.8 Å². The van der Waals surface area contributed by atoms with Gasteiger partial charge in [0.25, 0.3) is 0 Å². The molecule has 0 saturated carbocycles. The average Bonchev–Trinajstić information content (AvgIpc) is 2.61. The van der Waals surface area contributed by atoms with Crippen LogP contribution in [-0.2, 0) is 9.59 Å². The van der Waals surface area contributed by atoms with Gasteiger partial charge in [-0.3, -0.25) is 9.59 Å². The molecular weight excluding hydrogens is 328 g/mol. The lowest BCUT2D eigenvalue weighted by Crippen LogP contribution is -2.52. The summed E-state index contributed by atoms with van der Waals surface area (Å²) in [6.07, 6.45) is 3.53. The van der Waals surface area contributed by atoms with Gasteiger partial charge in [-0.25, -0.2) is 0 Å². The van der Waals surface area contributed by atoms with Crippen molar-refractivity contribution in [2.45, 2.75) is 70.4 Å². The van der Waals surface area contributed by atoms with Crippen molar-refractivity contribution in [3.63, 3.8) is 0 Å². The molecule has 1 saturated heterocycles. The summed E-state index contributed by atoms with van der Waals surface area (Å²) in [4.78, 5) is 26.3. The molecule has 142 valence electrons. The maximum atomic E-state index is 12.4. The molecule has 1 fully saturated rings.